The Kier molecular flexibility index (Phi) is 4.99. The number of nitrogens with one attached hydrogen (secondary N) is 1. The van der Waals surface area contributed by atoms with E-state index in [-0.39, 0.29) is 12.5 Å². The van der Waals surface area contributed by atoms with Crippen LogP contribution in [-0.4, -0.2) is 24.2 Å². The van der Waals surface area contributed by atoms with Gasteiger partial charge in [0.1, 0.15) is 0 Å². The zero-order chi connectivity index (χ0) is 12.0. The number of aliphatic hydroxyl groups excluding tert-OH is 1. The van der Waals surface area contributed by atoms with E-state index in [4.69, 9.17) is 5.11 Å². The second kappa shape index (κ2) is 6.28. The Morgan fingerprint density at radius 2 is 1.94 bits per heavy atom. The summed E-state index contributed by atoms with van der Waals surface area (Å²) < 4.78 is 0. The summed E-state index contributed by atoms with van der Waals surface area (Å²) in [6.45, 7) is 4.59. The molecule has 0 bridgehead atoms. The fourth-order valence-corrected chi connectivity index (χ4v) is 1.46. The molecule has 0 spiro atoms. The normalized spacial score (nSPS) is 10.5. The molecule has 0 aliphatic rings. The molecule has 3 heteroatoms. The highest BCUT2D eigenvalue weighted by atomic mass is 16.3. The summed E-state index contributed by atoms with van der Waals surface area (Å²) in [6.07, 6.45) is 0.373. The van der Waals surface area contributed by atoms with Crippen LogP contribution < -0.4 is 5.32 Å². The van der Waals surface area contributed by atoms with Crippen molar-refractivity contribution in [2.75, 3.05) is 13.2 Å². The average Bonchev–Trinajstić information content (AvgIpc) is 2.27. The van der Waals surface area contributed by atoms with Gasteiger partial charge in [-0.2, -0.15) is 0 Å². The molecule has 0 unspecified atom stereocenters. The highest BCUT2D eigenvalue weighted by Gasteiger charge is 2.03. The molecule has 0 saturated carbocycles. The molecular formula is C13H19NO2. The molecule has 0 atom stereocenters. The molecular weight excluding hydrogens is 202 g/mol. The minimum absolute atomic E-state index is 0.0158. The van der Waals surface area contributed by atoms with Crippen LogP contribution in [0.2, 0.25) is 0 Å². The van der Waals surface area contributed by atoms with Crippen LogP contribution in [0.3, 0.4) is 0 Å². The van der Waals surface area contributed by atoms with Crippen LogP contribution in [0, 0.1) is 0 Å². The fourth-order valence-electron chi connectivity index (χ4n) is 1.46. The van der Waals surface area contributed by atoms with Crippen molar-refractivity contribution in [1.82, 2.24) is 5.32 Å². The van der Waals surface area contributed by atoms with E-state index in [1.165, 1.54) is 5.56 Å². The van der Waals surface area contributed by atoms with Crippen molar-refractivity contribution >= 4 is 5.91 Å². The third kappa shape index (κ3) is 4.03. The van der Waals surface area contributed by atoms with Crippen LogP contribution in [-0.2, 0) is 11.2 Å². The number of benzene rings is 1. The van der Waals surface area contributed by atoms with Crippen LogP contribution in [0.25, 0.3) is 0 Å². The van der Waals surface area contributed by atoms with Crippen LogP contribution in [0.15, 0.2) is 24.3 Å². The van der Waals surface area contributed by atoms with Gasteiger partial charge in [-0.15, -0.1) is 0 Å². The molecule has 1 amide bonds. The Hall–Kier alpha value is -1.35. The van der Waals surface area contributed by atoms with Crippen LogP contribution in [0.4, 0.5) is 0 Å². The van der Waals surface area contributed by atoms with Crippen molar-refractivity contribution in [2.45, 2.75) is 26.2 Å². The largest absolute Gasteiger partial charge is 0.395 e. The predicted octanol–water partition coefficient (Wildman–Crippen LogP) is 1.46. The zero-order valence-electron chi connectivity index (χ0n) is 9.86. The monoisotopic (exact) mass is 221 g/mol. The first-order valence-electron chi connectivity index (χ1n) is 5.60. The summed E-state index contributed by atoms with van der Waals surface area (Å²) in [4.78, 5) is 11.4. The SMILES string of the molecule is CC(C)c1ccc(CC(=O)NCCO)cc1. The van der Waals surface area contributed by atoms with Gasteiger partial charge in [-0.1, -0.05) is 38.1 Å². The Balaban J connectivity index is 2.51. The van der Waals surface area contributed by atoms with Gasteiger partial charge in [-0.3, -0.25) is 4.79 Å². The lowest BCUT2D eigenvalue weighted by Crippen LogP contribution is -2.27. The fraction of sp³-hybridized carbons (Fsp3) is 0.462. The van der Waals surface area contributed by atoms with Gasteiger partial charge in [0.2, 0.25) is 5.91 Å². The quantitative estimate of drug-likeness (QED) is 0.791. The van der Waals surface area contributed by atoms with E-state index in [9.17, 15) is 4.79 Å². The van der Waals surface area contributed by atoms with E-state index in [2.05, 4.69) is 31.3 Å². The second-order valence-electron chi connectivity index (χ2n) is 4.15. The van der Waals surface area contributed by atoms with Crippen molar-refractivity contribution in [3.05, 3.63) is 35.4 Å². The summed E-state index contributed by atoms with van der Waals surface area (Å²) in [5, 5.41) is 11.2. The van der Waals surface area contributed by atoms with Gasteiger partial charge in [0.15, 0.2) is 0 Å². The van der Waals surface area contributed by atoms with E-state index in [1.54, 1.807) is 0 Å². The third-order valence-corrected chi connectivity index (χ3v) is 2.45. The lowest BCUT2D eigenvalue weighted by atomic mass is 10.0. The molecule has 0 aliphatic carbocycles. The molecule has 16 heavy (non-hydrogen) atoms. The van der Waals surface area contributed by atoms with Gasteiger partial charge in [-0.25, -0.2) is 0 Å². The summed E-state index contributed by atoms with van der Waals surface area (Å²) in [6, 6.07) is 8.07. The Labute approximate surface area is 96.5 Å². The third-order valence-electron chi connectivity index (χ3n) is 2.45. The molecule has 88 valence electrons. The second-order valence-corrected chi connectivity index (χ2v) is 4.15. The van der Waals surface area contributed by atoms with E-state index in [0.29, 0.717) is 18.9 Å². The van der Waals surface area contributed by atoms with E-state index in [0.717, 1.165) is 5.56 Å². The maximum absolute atomic E-state index is 11.4. The van der Waals surface area contributed by atoms with Crippen molar-refractivity contribution < 1.29 is 9.90 Å². The highest BCUT2D eigenvalue weighted by molar-refractivity contribution is 5.78. The van der Waals surface area contributed by atoms with E-state index >= 15 is 0 Å². The molecule has 1 rings (SSSR count). The van der Waals surface area contributed by atoms with Crippen molar-refractivity contribution in [1.29, 1.82) is 0 Å². The zero-order valence-corrected chi connectivity index (χ0v) is 9.86. The number of hydrogen-bond donors (Lipinski definition) is 2. The summed E-state index contributed by atoms with van der Waals surface area (Å²) in [5.41, 5.74) is 2.28. The van der Waals surface area contributed by atoms with Gasteiger partial charge >= 0.3 is 0 Å². The van der Waals surface area contributed by atoms with Crippen molar-refractivity contribution in [3.63, 3.8) is 0 Å². The first-order valence-corrected chi connectivity index (χ1v) is 5.60. The van der Waals surface area contributed by atoms with Crippen LogP contribution >= 0.6 is 0 Å². The molecule has 0 aliphatic heterocycles. The van der Waals surface area contributed by atoms with E-state index < -0.39 is 0 Å². The van der Waals surface area contributed by atoms with Gasteiger partial charge < -0.3 is 10.4 Å². The van der Waals surface area contributed by atoms with Gasteiger partial charge in [-0.05, 0) is 17.0 Å². The smallest absolute Gasteiger partial charge is 0.224 e. The summed E-state index contributed by atoms with van der Waals surface area (Å²) in [7, 11) is 0. The molecule has 0 aromatic heterocycles. The molecule has 0 fully saturated rings. The number of rotatable bonds is 5. The molecule has 1 aromatic carbocycles. The predicted molar refractivity (Wildman–Crippen MR) is 64.3 cm³/mol. The standard InChI is InChI=1S/C13H19NO2/c1-10(2)12-5-3-11(4-6-12)9-13(16)14-7-8-15/h3-6,10,15H,7-9H2,1-2H3,(H,14,16). The Morgan fingerprint density at radius 3 is 2.44 bits per heavy atom. The van der Waals surface area contributed by atoms with Crippen LogP contribution in [0.1, 0.15) is 30.9 Å². The Morgan fingerprint density at radius 1 is 1.31 bits per heavy atom. The maximum Gasteiger partial charge on any atom is 0.224 e. The number of carbonyl (C=O) groups is 1. The number of amides is 1. The maximum atomic E-state index is 11.4. The first-order chi connectivity index (χ1) is 7.63. The topological polar surface area (TPSA) is 49.3 Å². The summed E-state index contributed by atoms with van der Waals surface area (Å²) in [5.74, 6) is 0.462. The number of aliphatic hydroxyl groups is 1. The first kappa shape index (κ1) is 12.7. The molecule has 0 saturated heterocycles. The molecule has 2 N–H and O–H groups in total. The summed E-state index contributed by atoms with van der Waals surface area (Å²) >= 11 is 0. The molecule has 0 radical (unpaired) electrons. The Bertz CT molecular complexity index is 330. The number of hydrogen-bond acceptors (Lipinski definition) is 2. The lowest BCUT2D eigenvalue weighted by molar-refractivity contribution is -0.120. The molecule has 0 heterocycles. The van der Waals surface area contributed by atoms with E-state index in [1.807, 2.05) is 12.1 Å². The van der Waals surface area contributed by atoms with Gasteiger partial charge in [0.25, 0.3) is 0 Å². The van der Waals surface area contributed by atoms with Crippen molar-refractivity contribution in [2.24, 2.45) is 0 Å². The van der Waals surface area contributed by atoms with Crippen LogP contribution in [0.5, 0.6) is 0 Å². The highest BCUT2D eigenvalue weighted by Crippen LogP contribution is 2.14. The molecule has 1 aromatic rings. The van der Waals surface area contributed by atoms with Gasteiger partial charge in [0, 0.05) is 6.54 Å². The molecule has 3 nitrogen and oxygen atoms in total. The number of carbonyl (C=O) groups excluding carboxylic acids is 1. The van der Waals surface area contributed by atoms with Crippen molar-refractivity contribution in [3.8, 4) is 0 Å². The van der Waals surface area contributed by atoms with Gasteiger partial charge in [0.05, 0.1) is 13.0 Å². The minimum Gasteiger partial charge on any atom is -0.395 e. The lowest BCUT2D eigenvalue weighted by Gasteiger charge is -2.07. The minimum atomic E-state index is -0.0497. The average molecular weight is 221 g/mol.